The van der Waals surface area contributed by atoms with Gasteiger partial charge in [-0.2, -0.15) is 0 Å². The van der Waals surface area contributed by atoms with Gasteiger partial charge in [0.2, 0.25) is 0 Å². The lowest BCUT2D eigenvalue weighted by Gasteiger charge is -2.21. The van der Waals surface area contributed by atoms with Gasteiger partial charge in [0.05, 0.1) is 11.5 Å². The maximum atomic E-state index is 12.6. The Hall–Kier alpha value is -3.28. The molecule has 148 valence electrons. The zero-order chi connectivity index (χ0) is 20.8. The molecule has 2 heterocycles. The van der Waals surface area contributed by atoms with Crippen molar-refractivity contribution in [1.82, 2.24) is 4.57 Å². The van der Waals surface area contributed by atoms with Crippen molar-refractivity contribution in [2.75, 3.05) is 13.4 Å². The fourth-order valence-corrected chi connectivity index (χ4v) is 4.43. The molecule has 0 spiro atoms. The first-order valence-corrected chi connectivity index (χ1v) is 10.5. The predicted octanol–water partition coefficient (Wildman–Crippen LogP) is 2.45. The summed E-state index contributed by atoms with van der Waals surface area (Å²) in [5.74, 6) is 0.476. The topological polar surface area (TPSA) is 83.8 Å². The molecule has 1 aromatic heterocycles. The van der Waals surface area contributed by atoms with E-state index in [0.29, 0.717) is 27.5 Å². The fraction of sp³-hybridized carbons (Fsp3) is 0.190. The predicted molar refractivity (Wildman–Crippen MR) is 107 cm³/mol. The van der Waals surface area contributed by atoms with Crippen LogP contribution in [0.5, 0.6) is 11.5 Å². The lowest BCUT2D eigenvalue weighted by molar-refractivity contribution is 0.183. The average Bonchev–Trinajstić information content (AvgIpc) is 2.70. The monoisotopic (exact) mass is 411 g/mol. The maximum absolute atomic E-state index is 12.6. The number of hydrogen-bond acceptors (Lipinski definition) is 6. The van der Waals surface area contributed by atoms with Gasteiger partial charge in [-0.05, 0) is 11.5 Å². The number of methoxy groups -OCH3 is 1. The molecule has 3 aromatic rings. The van der Waals surface area contributed by atoms with Crippen molar-refractivity contribution in [1.29, 1.82) is 0 Å². The van der Waals surface area contributed by atoms with Gasteiger partial charge < -0.3 is 18.8 Å². The average molecular weight is 411 g/mol. The summed E-state index contributed by atoms with van der Waals surface area (Å²) in [7, 11) is -0.509. The largest absolute Gasteiger partial charge is 0.401 e. The van der Waals surface area contributed by atoms with Gasteiger partial charge in [-0.3, -0.25) is 4.79 Å². The molecular formula is C21H17NO6S. The van der Waals surface area contributed by atoms with Gasteiger partial charge in [0.15, 0.2) is 33.5 Å². The van der Waals surface area contributed by atoms with Gasteiger partial charge in [-0.1, -0.05) is 18.2 Å². The molecule has 4 rings (SSSR count). The molecule has 0 saturated heterocycles. The molecule has 2 aromatic carbocycles. The Bertz CT molecular complexity index is 1380. The normalized spacial score (nSPS) is 12.5. The minimum Gasteiger partial charge on any atom is -0.401 e. The molecule has 0 fully saturated rings. The third kappa shape index (κ3) is 3.14. The SMILES string of the molecule is COCc1c(S(C)(=O)=O)cc2c(c1-c1cn(C)c(=O)c3ccccc13)OC#CO2. The van der Waals surface area contributed by atoms with Gasteiger partial charge >= 0.3 is 0 Å². The van der Waals surface area contributed by atoms with Crippen LogP contribution in [-0.2, 0) is 28.2 Å². The second kappa shape index (κ2) is 6.95. The molecule has 29 heavy (non-hydrogen) atoms. The molecule has 0 unspecified atom stereocenters. The second-order valence-electron chi connectivity index (χ2n) is 6.67. The van der Waals surface area contributed by atoms with Crippen LogP contribution in [0.3, 0.4) is 0 Å². The first-order valence-electron chi connectivity index (χ1n) is 8.64. The highest BCUT2D eigenvalue weighted by atomic mass is 32.2. The highest BCUT2D eigenvalue weighted by Gasteiger charge is 2.28. The van der Waals surface area contributed by atoms with Crippen molar-refractivity contribution in [3.63, 3.8) is 0 Å². The van der Waals surface area contributed by atoms with Gasteiger partial charge in [0, 0.05) is 54.8 Å². The first kappa shape index (κ1) is 19.1. The van der Waals surface area contributed by atoms with E-state index in [4.69, 9.17) is 14.2 Å². The summed E-state index contributed by atoms with van der Waals surface area (Å²) in [5, 5.41) is 1.15. The lowest BCUT2D eigenvalue weighted by Crippen LogP contribution is -2.17. The van der Waals surface area contributed by atoms with Crippen LogP contribution in [0.2, 0.25) is 0 Å². The van der Waals surface area contributed by atoms with E-state index in [1.165, 1.54) is 17.7 Å². The number of rotatable bonds is 4. The van der Waals surface area contributed by atoms with E-state index in [1.807, 2.05) is 6.07 Å². The summed E-state index contributed by atoms with van der Waals surface area (Å²) >= 11 is 0. The van der Waals surface area contributed by atoms with E-state index in [1.54, 1.807) is 31.4 Å². The standard InChI is InChI=1S/C21H17NO6S/c1-22-11-15(13-6-4-5-7-14(13)21(22)23)19-16(12-26-2)18(29(3,24)25)10-17-20(19)28-9-8-27-17/h4-7,10-11H,12H2,1-3H3. The van der Waals surface area contributed by atoms with E-state index in [9.17, 15) is 13.2 Å². The van der Waals surface area contributed by atoms with E-state index in [2.05, 4.69) is 12.2 Å². The Morgan fingerprint density at radius 1 is 1.14 bits per heavy atom. The Morgan fingerprint density at radius 3 is 2.52 bits per heavy atom. The van der Waals surface area contributed by atoms with E-state index >= 15 is 0 Å². The number of benzene rings is 2. The molecule has 0 atom stereocenters. The van der Waals surface area contributed by atoms with Crippen LogP contribution >= 0.6 is 0 Å². The van der Waals surface area contributed by atoms with Crippen molar-refractivity contribution < 1.29 is 22.6 Å². The van der Waals surface area contributed by atoms with Crippen LogP contribution in [0.1, 0.15) is 5.56 Å². The van der Waals surface area contributed by atoms with Crippen molar-refractivity contribution >= 4 is 20.6 Å². The minimum atomic E-state index is -3.62. The van der Waals surface area contributed by atoms with Gasteiger partial charge in [0.25, 0.3) is 5.56 Å². The number of aryl methyl sites for hydroxylation is 1. The number of fused-ring (bicyclic) bond motifs is 2. The Balaban J connectivity index is 2.22. The molecule has 0 bridgehead atoms. The third-order valence-electron chi connectivity index (χ3n) is 4.72. The highest BCUT2D eigenvalue weighted by molar-refractivity contribution is 7.90. The molecule has 0 N–H and O–H groups in total. The van der Waals surface area contributed by atoms with Gasteiger partial charge in [-0.25, -0.2) is 8.42 Å². The maximum Gasteiger partial charge on any atom is 0.258 e. The molecule has 0 saturated carbocycles. The first-order chi connectivity index (χ1) is 13.8. The van der Waals surface area contributed by atoms with Crippen molar-refractivity contribution in [2.45, 2.75) is 11.5 Å². The quantitative estimate of drug-likeness (QED) is 0.613. The van der Waals surface area contributed by atoms with E-state index in [0.717, 1.165) is 6.26 Å². The van der Waals surface area contributed by atoms with Crippen LogP contribution in [-0.4, -0.2) is 26.4 Å². The second-order valence-corrected chi connectivity index (χ2v) is 8.66. The lowest BCUT2D eigenvalue weighted by atomic mass is 9.95. The molecule has 1 aliphatic heterocycles. The number of pyridine rings is 1. The van der Waals surface area contributed by atoms with Crippen molar-refractivity contribution in [3.05, 3.63) is 52.4 Å². The van der Waals surface area contributed by atoms with Crippen LogP contribution in [0.25, 0.3) is 21.9 Å². The Morgan fingerprint density at radius 2 is 1.83 bits per heavy atom. The van der Waals surface area contributed by atoms with Crippen LogP contribution in [0, 0.1) is 12.2 Å². The Kier molecular flexibility index (Phi) is 4.57. The molecule has 0 radical (unpaired) electrons. The zero-order valence-corrected chi connectivity index (χ0v) is 16.8. The summed E-state index contributed by atoms with van der Waals surface area (Å²) in [4.78, 5) is 12.7. The highest BCUT2D eigenvalue weighted by Crippen LogP contribution is 2.46. The minimum absolute atomic E-state index is 0.0129. The zero-order valence-electron chi connectivity index (χ0n) is 16.0. The van der Waals surface area contributed by atoms with E-state index < -0.39 is 9.84 Å². The molecule has 0 amide bonds. The molecule has 0 aliphatic carbocycles. The summed E-state index contributed by atoms with van der Waals surface area (Å²) < 4.78 is 42.8. The summed E-state index contributed by atoms with van der Waals surface area (Å²) in [6.07, 6.45) is 7.54. The van der Waals surface area contributed by atoms with Crippen molar-refractivity contribution in [2.24, 2.45) is 7.05 Å². The van der Waals surface area contributed by atoms with Gasteiger partial charge in [0.1, 0.15) is 0 Å². The number of sulfone groups is 1. The number of aromatic nitrogens is 1. The number of nitrogens with zero attached hydrogens (tertiary/aromatic N) is 1. The van der Waals surface area contributed by atoms with Crippen LogP contribution in [0.4, 0.5) is 0 Å². The number of ether oxygens (including phenoxy) is 3. The van der Waals surface area contributed by atoms with Gasteiger partial charge in [-0.15, -0.1) is 0 Å². The van der Waals surface area contributed by atoms with E-state index in [-0.39, 0.29) is 28.6 Å². The van der Waals surface area contributed by atoms with Crippen LogP contribution < -0.4 is 15.0 Å². The molecule has 7 nitrogen and oxygen atoms in total. The summed E-state index contributed by atoms with van der Waals surface area (Å²) in [6.45, 7) is 0.0129. The van der Waals surface area contributed by atoms with Crippen molar-refractivity contribution in [3.8, 4) is 34.8 Å². The molecule has 1 aliphatic rings. The third-order valence-corrected chi connectivity index (χ3v) is 5.88. The summed E-state index contributed by atoms with van der Waals surface area (Å²) in [6, 6.07) is 8.50. The summed E-state index contributed by atoms with van der Waals surface area (Å²) in [5.41, 5.74) is 1.32. The molecule has 8 heteroatoms. The fourth-order valence-electron chi connectivity index (χ4n) is 3.50. The van der Waals surface area contributed by atoms with Crippen LogP contribution in [0.15, 0.2) is 46.2 Å². The smallest absolute Gasteiger partial charge is 0.258 e. The Labute approximate surface area is 167 Å². The molecular weight excluding hydrogens is 394 g/mol. The number of hydrogen-bond donors (Lipinski definition) is 0.